The molecule has 2 aromatic rings. The molecule has 0 aliphatic carbocycles. The molecule has 1 amide bonds. The number of amides is 1. The summed E-state index contributed by atoms with van der Waals surface area (Å²) in [6, 6.07) is 9.13. The second-order valence-electron chi connectivity index (χ2n) is 6.50. The number of carbonyl (C=O) groups excluding carboxylic acids is 1. The topological polar surface area (TPSA) is 89.9 Å². The molecule has 0 bridgehead atoms. The van der Waals surface area contributed by atoms with Crippen molar-refractivity contribution < 1.29 is 4.79 Å². The smallest absolute Gasteiger partial charge is 0.249 e. The Labute approximate surface area is 135 Å². The van der Waals surface area contributed by atoms with Crippen molar-refractivity contribution in [3.63, 3.8) is 0 Å². The number of aromatic nitrogens is 4. The molecule has 3 rings (SSSR count). The molecule has 7 heteroatoms. The Kier molecular flexibility index (Phi) is 4.12. The zero-order valence-electron chi connectivity index (χ0n) is 13.5. The Morgan fingerprint density at radius 1 is 1.39 bits per heavy atom. The van der Waals surface area contributed by atoms with E-state index in [0.717, 1.165) is 18.5 Å². The molecule has 1 fully saturated rings. The van der Waals surface area contributed by atoms with Gasteiger partial charge in [-0.15, -0.1) is 10.2 Å². The highest BCUT2D eigenvalue weighted by Crippen LogP contribution is 2.29. The Hall–Kier alpha value is -2.28. The van der Waals surface area contributed by atoms with Crippen molar-refractivity contribution >= 4 is 5.91 Å². The highest BCUT2D eigenvalue weighted by Gasteiger charge is 2.37. The number of nitrogens with zero attached hydrogens (tertiary/aromatic N) is 5. The van der Waals surface area contributed by atoms with Crippen molar-refractivity contribution in [2.24, 2.45) is 11.1 Å². The highest BCUT2D eigenvalue weighted by molar-refractivity contribution is 5.80. The molecule has 2 N–H and O–H groups in total. The second-order valence-corrected chi connectivity index (χ2v) is 6.50. The molecule has 0 saturated carbocycles. The van der Waals surface area contributed by atoms with Gasteiger partial charge >= 0.3 is 0 Å². The summed E-state index contributed by atoms with van der Waals surface area (Å²) in [5, 5.41) is 12.4. The van der Waals surface area contributed by atoms with Crippen LogP contribution in [-0.4, -0.2) is 50.6 Å². The quantitative estimate of drug-likeness (QED) is 0.912. The van der Waals surface area contributed by atoms with Gasteiger partial charge in [0.15, 0.2) is 0 Å². The van der Waals surface area contributed by atoms with Gasteiger partial charge in [0.05, 0.1) is 0 Å². The van der Waals surface area contributed by atoms with Gasteiger partial charge in [-0.1, -0.05) is 37.3 Å². The van der Waals surface area contributed by atoms with Crippen LogP contribution >= 0.6 is 0 Å². The number of rotatable bonds is 4. The first-order valence-electron chi connectivity index (χ1n) is 7.86. The van der Waals surface area contributed by atoms with Crippen molar-refractivity contribution in [3.05, 3.63) is 30.3 Å². The first-order valence-corrected chi connectivity index (χ1v) is 7.86. The summed E-state index contributed by atoms with van der Waals surface area (Å²) in [7, 11) is 0. The standard InChI is InChI=1S/C16H22N6O/c1-12(15(23)21-9-8-16(2,10-17)11-21)22-19-14(18-20-22)13-6-4-3-5-7-13/h3-7,12H,8-11,17H2,1-2H3. The van der Waals surface area contributed by atoms with E-state index in [1.54, 1.807) is 6.92 Å². The second kappa shape index (κ2) is 6.08. The Morgan fingerprint density at radius 3 is 2.78 bits per heavy atom. The van der Waals surface area contributed by atoms with Crippen molar-refractivity contribution in [1.82, 2.24) is 25.1 Å². The van der Waals surface area contributed by atoms with Crippen LogP contribution in [0.3, 0.4) is 0 Å². The molecule has 1 aromatic carbocycles. The van der Waals surface area contributed by atoms with Gasteiger partial charge in [-0.05, 0) is 30.5 Å². The molecule has 7 nitrogen and oxygen atoms in total. The number of likely N-dealkylation sites (tertiary alicyclic amines) is 1. The van der Waals surface area contributed by atoms with E-state index in [1.165, 1.54) is 4.80 Å². The van der Waals surface area contributed by atoms with Crippen LogP contribution in [0.1, 0.15) is 26.3 Å². The van der Waals surface area contributed by atoms with Gasteiger partial charge < -0.3 is 10.6 Å². The zero-order chi connectivity index (χ0) is 16.4. The number of benzene rings is 1. The van der Waals surface area contributed by atoms with Gasteiger partial charge in [0, 0.05) is 18.7 Å². The number of tetrazole rings is 1. The number of hydrogen-bond acceptors (Lipinski definition) is 5. The molecule has 1 aromatic heterocycles. The molecule has 1 aliphatic rings. The lowest BCUT2D eigenvalue weighted by molar-refractivity contribution is -0.134. The fraction of sp³-hybridized carbons (Fsp3) is 0.500. The van der Waals surface area contributed by atoms with Gasteiger partial charge in [-0.3, -0.25) is 4.79 Å². The average Bonchev–Trinajstić information content (AvgIpc) is 3.22. The van der Waals surface area contributed by atoms with Crippen LogP contribution in [0, 0.1) is 5.41 Å². The zero-order valence-corrected chi connectivity index (χ0v) is 13.5. The third kappa shape index (κ3) is 3.10. The maximum atomic E-state index is 12.7. The molecule has 0 radical (unpaired) electrons. The lowest BCUT2D eigenvalue weighted by Gasteiger charge is -2.24. The lowest BCUT2D eigenvalue weighted by atomic mass is 9.90. The van der Waals surface area contributed by atoms with Gasteiger partial charge in [0.25, 0.3) is 0 Å². The Morgan fingerprint density at radius 2 is 2.13 bits per heavy atom. The van der Waals surface area contributed by atoms with Gasteiger partial charge in [-0.2, -0.15) is 4.80 Å². The third-order valence-corrected chi connectivity index (χ3v) is 4.53. The van der Waals surface area contributed by atoms with Crippen LogP contribution in [0.2, 0.25) is 0 Å². The Balaban J connectivity index is 1.73. The van der Waals surface area contributed by atoms with E-state index in [9.17, 15) is 4.79 Å². The molecular formula is C16H22N6O. The van der Waals surface area contributed by atoms with Crippen LogP contribution in [0.5, 0.6) is 0 Å². The van der Waals surface area contributed by atoms with Crippen LogP contribution in [-0.2, 0) is 4.79 Å². The predicted octanol–water partition coefficient (Wildman–Crippen LogP) is 1.10. The molecule has 2 atom stereocenters. The molecule has 0 spiro atoms. The number of hydrogen-bond donors (Lipinski definition) is 1. The fourth-order valence-electron chi connectivity index (χ4n) is 2.83. The summed E-state index contributed by atoms with van der Waals surface area (Å²) in [4.78, 5) is 15.9. The highest BCUT2D eigenvalue weighted by atomic mass is 16.2. The maximum absolute atomic E-state index is 12.7. The summed E-state index contributed by atoms with van der Waals surface area (Å²) < 4.78 is 0. The van der Waals surface area contributed by atoms with Crippen LogP contribution < -0.4 is 5.73 Å². The lowest BCUT2D eigenvalue weighted by Crippen LogP contribution is -2.38. The molecular weight excluding hydrogens is 292 g/mol. The normalized spacial score (nSPS) is 22.3. The molecule has 23 heavy (non-hydrogen) atoms. The number of nitrogens with two attached hydrogens (primary N) is 1. The van der Waals surface area contributed by atoms with E-state index >= 15 is 0 Å². The predicted molar refractivity (Wildman–Crippen MR) is 86.3 cm³/mol. The van der Waals surface area contributed by atoms with E-state index in [1.807, 2.05) is 35.2 Å². The summed E-state index contributed by atoms with van der Waals surface area (Å²) >= 11 is 0. The summed E-state index contributed by atoms with van der Waals surface area (Å²) in [5.74, 6) is 0.539. The minimum absolute atomic E-state index is 0.0131. The van der Waals surface area contributed by atoms with E-state index in [-0.39, 0.29) is 11.3 Å². The Bertz CT molecular complexity index is 685. The van der Waals surface area contributed by atoms with Crippen molar-refractivity contribution in [2.45, 2.75) is 26.3 Å². The third-order valence-electron chi connectivity index (χ3n) is 4.53. The van der Waals surface area contributed by atoms with Gasteiger partial charge in [0.1, 0.15) is 6.04 Å². The monoisotopic (exact) mass is 314 g/mol. The summed E-state index contributed by atoms with van der Waals surface area (Å²) in [5.41, 5.74) is 6.71. The van der Waals surface area contributed by atoms with E-state index in [2.05, 4.69) is 22.3 Å². The fourth-order valence-corrected chi connectivity index (χ4v) is 2.83. The van der Waals surface area contributed by atoms with E-state index in [4.69, 9.17) is 5.73 Å². The van der Waals surface area contributed by atoms with Crippen molar-refractivity contribution in [2.75, 3.05) is 19.6 Å². The molecule has 2 unspecified atom stereocenters. The van der Waals surface area contributed by atoms with Crippen LogP contribution in [0.15, 0.2) is 30.3 Å². The summed E-state index contributed by atoms with van der Waals surface area (Å²) in [6.45, 7) is 5.93. The van der Waals surface area contributed by atoms with Crippen molar-refractivity contribution in [1.29, 1.82) is 0 Å². The van der Waals surface area contributed by atoms with E-state index in [0.29, 0.717) is 18.9 Å². The minimum Gasteiger partial charge on any atom is -0.340 e. The first kappa shape index (κ1) is 15.6. The molecule has 1 saturated heterocycles. The number of carbonyl (C=O) groups is 1. The van der Waals surface area contributed by atoms with Gasteiger partial charge in [-0.25, -0.2) is 0 Å². The van der Waals surface area contributed by atoms with Crippen LogP contribution in [0.25, 0.3) is 11.4 Å². The van der Waals surface area contributed by atoms with Crippen LogP contribution in [0.4, 0.5) is 0 Å². The average molecular weight is 314 g/mol. The SMILES string of the molecule is CC(C(=O)N1CCC(C)(CN)C1)n1nnc(-c2ccccc2)n1. The molecule has 2 heterocycles. The minimum atomic E-state index is -0.472. The van der Waals surface area contributed by atoms with Gasteiger partial charge in [0.2, 0.25) is 11.7 Å². The maximum Gasteiger partial charge on any atom is 0.249 e. The van der Waals surface area contributed by atoms with Crippen molar-refractivity contribution in [3.8, 4) is 11.4 Å². The largest absolute Gasteiger partial charge is 0.340 e. The summed E-state index contributed by atoms with van der Waals surface area (Å²) in [6.07, 6.45) is 0.933. The van der Waals surface area contributed by atoms with E-state index < -0.39 is 6.04 Å². The first-order chi connectivity index (χ1) is 11.0. The molecule has 1 aliphatic heterocycles. The molecule has 122 valence electrons.